The monoisotopic (exact) mass is 1140 g/mol. The lowest BCUT2D eigenvalue weighted by Crippen LogP contribution is -2.05. The number of nitrogens with zero attached hydrogens (tertiary/aromatic N) is 3. The van der Waals surface area contributed by atoms with E-state index in [2.05, 4.69) is 6.07 Å². The first-order chi connectivity index (χ1) is 39.7. The second kappa shape index (κ2) is 19.8. The van der Waals surface area contributed by atoms with Gasteiger partial charge in [-0.2, -0.15) is 57.9 Å². The fourth-order valence-corrected chi connectivity index (χ4v) is 11.6. The highest BCUT2D eigenvalue weighted by Crippen LogP contribution is 2.46. The standard InChI is InChI=1S/C69H43F12N3/c1-37-19-46(27-50(23-37)66(70,71)72)41-9-14-61-56(31-41)57-32-42(47-20-38(2)24-51(28-47)67(73,74)75)10-15-62(57)83(61)54-13-18-65(60(35-54)55-8-6-5-7-45(55)36-82)84-63-16-11-43(48-21-39(3)25-52(29-48)68(76,77)78)33-58(63)59-34-44(12-17-64(59)84)49-22-40(4)26-53(30-49)69(79,80)81/h5-35H,1-4H3. The molecule has 0 spiro atoms. The molecule has 0 saturated carbocycles. The Hall–Kier alpha value is -9.55. The van der Waals surface area contributed by atoms with Crippen LogP contribution in [0.1, 0.15) is 50.1 Å². The summed E-state index contributed by atoms with van der Waals surface area (Å²) < 4.78 is 175. The van der Waals surface area contributed by atoms with Crippen molar-refractivity contribution in [3.8, 4) is 73.1 Å². The van der Waals surface area contributed by atoms with Crippen molar-refractivity contribution in [2.75, 3.05) is 0 Å². The lowest BCUT2D eigenvalue weighted by Gasteiger charge is -2.18. The molecule has 2 aromatic heterocycles. The highest BCUT2D eigenvalue weighted by Gasteiger charge is 2.34. The summed E-state index contributed by atoms with van der Waals surface area (Å²) in [7, 11) is 0. The Balaban J connectivity index is 1.13. The van der Waals surface area contributed by atoms with E-state index < -0.39 is 47.0 Å². The van der Waals surface area contributed by atoms with Gasteiger partial charge in [0.25, 0.3) is 0 Å². The van der Waals surface area contributed by atoms with Crippen molar-refractivity contribution in [2.24, 2.45) is 0 Å². The predicted molar refractivity (Wildman–Crippen MR) is 306 cm³/mol. The fraction of sp³-hybridized carbons (Fsp3) is 0.116. The van der Waals surface area contributed by atoms with Gasteiger partial charge < -0.3 is 9.13 Å². The van der Waals surface area contributed by atoms with Crippen LogP contribution in [-0.4, -0.2) is 9.13 Å². The van der Waals surface area contributed by atoms with Gasteiger partial charge in [-0.3, -0.25) is 0 Å². The van der Waals surface area contributed by atoms with Crippen molar-refractivity contribution < 1.29 is 52.7 Å². The molecule has 0 unspecified atom stereocenters. The Morgan fingerprint density at radius 2 is 0.631 bits per heavy atom. The topological polar surface area (TPSA) is 33.6 Å². The van der Waals surface area contributed by atoms with Crippen molar-refractivity contribution in [1.29, 1.82) is 5.26 Å². The summed E-state index contributed by atoms with van der Waals surface area (Å²) in [6.45, 7) is 6.26. The van der Waals surface area contributed by atoms with Crippen LogP contribution in [0.2, 0.25) is 0 Å². The second-order valence-electron chi connectivity index (χ2n) is 21.3. The van der Waals surface area contributed by atoms with Crippen molar-refractivity contribution >= 4 is 43.6 Å². The first-order valence-electron chi connectivity index (χ1n) is 26.3. The Labute approximate surface area is 472 Å². The van der Waals surface area contributed by atoms with Gasteiger partial charge in [-0.1, -0.05) is 66.7 Å². The number of alkyl halides is 12. The van der Waals surface area contributed by atoms with Gasteiger partial charge in [0.05, 0.1) is 61.6 Å². The molecule has 2 heterocycles. The van der Waals surface area contributed by atoms with Crippen LogP contribution in [0.15, 0.2) is 188 Å². The largest absolute Gasteiger partial charge is 0.416 e. The van der Waals surface area contributed by atoms with E-state index in [0.717, 1.165) is 48.5 Å². The van der Waals surface area contributed by atoms with Gasteiger partial charge in [0.1, 0.15) is 0 Å². The third-order valence-corrected chi connectivity index (χ3v) is 15.3. The highest BCUT2D eigenvalue weighted by atomic mass is 19.4. The number of fused-ring (bicyclic) bond motifs is 6. The summed E-state index contributed by atoms with van der Waals surface area (Å²) in [6.07, 6.45) is -18.6. The summed E-state index contributed by atoms with van der Waals surface area (Å²) in [6, 6.07) is 50.7. The maximum absolute atomic E-state index is 14.3. The molecule has 0 amide bonds. The summed E-state index contributed by atoms with van der Waals surface area (Å²) in [5.41, 5.74) is 5.63. The molecule has 0 atom stereocenters. The first-order valence-corrected chi connectivity index (χ1v) is 26.3. The lowest BCUT2D eigenvalue weighted by atomic mass is 9.96. The van der Waals surface area contributed by atoms with Crippen LogP contribution in [0.4, 0.5) is 52.7 Å². The molecule has 3 nitrogen and oxygen atoms in total. The normalized spacial score (nSPS) is 12.5. The Morgan fingerprint density at radius 3 is 0.952 bits per heavy atom. The lowest BCUT2D eigenvalue weighted by molar-refractivity contribution is -0.138. The Morgan fingerprint density at radius 1 is 0.310 bits per heavy atom. The van der Waals surface area contributed by atoms with Crippen LogP contribution in [0, 0.1) is 39.0 Å². The third kappa shape index (κ3) is 9.99. The molecule has 0 saturated heterocycles. The molecule has 0 aliphatic carbocycles. The fourth-order valence-electron chi connectivity index (χ4n) is 11.6. The van der Waals surface area contributed by atoms with Gasteiger partial charge in [0.15, 0.2) is 0 Å². The summed E-state index contributed by atoms with van der Waals surface area (Å²) in [4.78, 5) is 0. The maximum atomic E-state index is 14.3. The van der Waals surface area contributed by atoms with Gasteiger partial charge >= 0.3 is 24.7 Å². The Kier molecular flexibility index (Phi) is 13.0. The van der Waals surface area contributed by atoms with Crippen molar-refractivity contribution in [2.45, 2.75) is 52.4 Å². The van der Waals surface area contributed by atoms with E-state index in [9.17, 15) is 57.9 Å². The molecule has 12 rings (SSSR count). The molecule has 0 aliphatic rings. The first kappa shape index (κ1) is 55.0. The predicted octanol–water partition coefficient (Wildman–Crippen LogP) is 21.4. The zero-order chi connectivity index (χ0) is 59.5. The van der Waals surface area contributed by atoms with Crippen molar-refractivity contribution in [3.05, 3.63) is 238 Å². The molecule has 0 radical (unpaired) electrons. The van der Waals surface area contributed by atoms with Gasteiger partial charge in [0.2, 0.25) is 0 Å². The van der Waals surface area contributed by atoms with Gasteiger partial charge in [0, 0.05) is 38.4 Å². The molecule has 0 fully saturated rings. The van der Waals surface area contributed by atoms with E-state index in [0.29, 0.717) is 111 Å². The summed E-state index contributed by atoms with van der Waals surface area (Å²) in [5.74, 6) is 0. The van der Waals surface area contributed by atoms with E-state index in [1.807, 2.05) is 27.3 Å². The third-order valence-electron chi connectivity index (χ3n) is 15.3. The number of aryl methyl sites for hydroxylation is 4. The Bertz CT molecular complexity index is 4490. The molecule has 0 N–H and O–H groups in total. The van der Waals surface area contributed by atoms with E-state index in [1.165, 1.54) is 0 Å². The minimum absolute atomic E-state index is 0.281. The van der Waals surface area contributed by atoms with Crippen LogP contribution >= 0.6 is 0 Å². The minimum atomic E-state index is -4.65. The highest BCUT2D eigenvalue weighted by molar-refractivity contribution is 6.14. The quantitative estimate of drug-likeness (QED) is 0.146. The number of hydrogen-bond donors (Lipinski definition) is 0. The number of aromatic nitrogens is 2. The number of halogens is 12. The van der Waals surface area contributed by atoms with Crippen LogP contribution in [0.25, 0.3) is 111 Å². The van der Waals surface area contributed by atoms with E-state index in [-0.39, 0.29) is 27.8 Å². The minimum Gasteiger partial charge on any atom is -0.309 e. The summed E-state index contributed by atoms with van der Waals surface area (Å²) in [5, 5.41) is 12.9. The van der Waals surface area contributed by atoms with Crippen molar-refractivity contribution in [3.63, 3.8) is 0 Å². The van der Waals surface area contributed by atoms with Crippen LogP contribution in [-0.2, 0) is 24.7 Å². The molecule has 12 aromatic rings. The van der Waals surface area contributed by atoms with Crippen molar-refractivity contribution in [1.82, 2.24) is 9.13 Å². The molecular formula is C69H43F12N3. The van der Waals surface area contributed by atoms with Crippen LogP contribution in [0.3, 0.4) is 0 Å². The zero-order valence-corrected chi connectivity index (χ0v) is 44.8. The van der Waals surface area contributed by atoms with E-state index in [1.54, 1.807) is 149 Å². The van der Waals surface area contributed by atoms with Gasteiger partial charge in [-0.05, 0) is 216 Å². The number of nitriles is 1. The zero-order valence-electron chi connectivity index (χ0n) is 44.8. The molecule has 84 heavy (non-hydrogen) atoms. The molecule has 0 aliphatic heterocycles. The van der Waals surface area contributed by atoms with Gasteiger partial charge in [-0.25, -0.2) is 0 Å². The number of benzene rings is 10. The average molecular weight is 1140 g/mol. The number of rotatable bonds is 7. The van der Waals surface area contributed by atoms with E-state index in [4.69, 9.17) is 0 Å². The van der Waals surface area contributed by atoms with E-state index >= 15 is 0 Å². The molecule has 0 bridgehead atoms. The van der Waals surface area contributed by atoms with Gasteiger partial charge in [-0.15, -0.1) is 0 Å². The SMILES string of the molecule is Cc1cc(-c2ccc3c(c2)c2cc(-c4cc(C)cc(C(F)(F)F)c4)ccc2n3-c2ccc(-n3c4ccc(-c5cc(C)cc(C(F)(F)F)c5)cc4c4cc(-c5cc(C)cc(C(F)(F)F)c5)ccc43)c(-c3ccccc3C#N)c2)cc(C(F)(F)F)c1. The number of hydrogen-bond acceptors (Lipinski definition) is 1. The maximum Gasteiger partial charge on any atom is 0.416 e. The smallest absolute Gasteiger partial charge is 0.309 e. The van der Waals surface area contributed by atoms with Crippen LogP contribution < -0.4 is 0 Å². The average Bonchev–Trinajstić information content (AvgIpc) is 2.34. The molecular weight excluding hydrogens is 1100 g/mol. The summed E-state index contributed by atoms with van der Waals surface area (Å²) >= 11 is 0. The second-order valence-corrected chi connectivity index (χ2v) is 21.3. The molecule has 10 aromatic carbocycles. The molecule has 15 heteroatoms. The molecule has 418 valence electrons. The van der Waals surface area contributed by atoms with Crippen LogP contribution in [0.5, 0.6) is 0 Å².